The van der Waals surface area contributed by atoms with Gasteiger partial charge in [-0.3, -0.25) is 4.79 Å². The summed E-state index contributed by atoms with van der Waals surface area (Å²) >= 11 is 0. The maximum absolute atomic E-state index is 13.2. The SMILES string of the molecule is COc1ccc(C[C@H](NC(=O)C2c3ccccc3-c3ccccc32)C(=O)O)cc1. The standard InChI is InChI=1S/C24H21NO4/c1-29-16-12-10-15(11-13-16)14-21(24(27)28)25-23(26)22-19-8-4-2-6-17(19)18-7-3-5-9-20(18)22/h2-13,21-22H,14H2,1H3,(H,25,26)(H,27,28)/t21-/m0/s1. The van der Waals surface area contributed by atoms with Gasteiger partial charge in [0.05, 0.1) is 13.0 Å². The molecule has 146 valence electrons. The molecule has 0 bridgehead atoms. The van der Waals surface area contributed by atoms with E-state index >= 15 is 0 Å². The molecule has 0 heterocycles. The minimum absolute atomic E-state index is 0.196. The molecule has 5 heteroatoms. The number of hydrogen-bond donors (Lipinski definition) is 2. The fraction of sp³-hybridized carbons (Fsp3) is 0.167. The monoisotopic (exact) mass is 387 g/mol. The molecule has 29 heavy (non-hydrogen) atoms. The van der Waals surface area contributed by atoms with Gasteiger partial charge >= 0.3 is 5.97 Å². The first-order valence-electron chi connectivity index (χ1n) is 9.43. The molecule has 0 aliphatic heterocycles. The van der Waals surface area contributed by atoms with Crippen molar-refractivity contribution in [2.24, 2.45) is 0 Å². The Morgan fingerprint density at radius 1 is 0.931 bits per heavy atom. The fourth-order valence-electron chi connectivity index (χ4n) is 3.89. The Bertz CT molecular complexity index is 1010. The summed E-state index contributed by atoms with van der Waals surface area (Å²) < 4.78 is 5.13. The number of aliphatic carboxylic acids is 1. The van der Waals surface area contributed by atoms with Crippen LogP contribution in [0.15, 0.2) is 72.8 Å². The van der Waals surface area contributed by atoms with Crippen molar-refractivity contribution in [3.05, 3.63) is 89.5 Å². The van der Waals surface area contributed by atoms with E-state index in [0.29, 0.717) is 5.75 Å². The molecule has 2 N–H and O–H groups in total. The van der Waals surface area contributed by atoms with Crippen molar-refractivity contribution in [3.8, 4) is 16.9 Å². The molecule has 0 spiro atoms. The van der Waals surface area contributed by atoms with Crippen LogP contribution < -0.4 is 10.1 Å². The number of fused-ring (bicyclic) bond motifs is 3. The van der Waals surface area contributed by atoms with Gasteiger partial charge in [0, 0.05) is 6.42 Å². The van der Waals surface area contributed by atoms with Gasteiger partial charge in [0.2, 0.25) is 5.91 Å². The second-order valence-corrected chi connectivity index (χ2v) is 7.06. The number of amides is 1. The van der Waals surface area contributed by atoms with Gasteiger partial charge in [0.15, 0.2) is 0 Å². The minimum Gasteiger partial charge on any atom is -0.497 e. The number of ether oxygens (including phenoxy) is 1. The molecule has 5 nitrogen and oxygen atoms in total. The predicted octanol–water partition coefficient (Wildman–Crippen LogP) is 3.62. The van der Waals surface area contributed by atoms with Crippen LogP contribution in [0.3, 0.4) is 0 Å². The number of carboxylic acids is 1. The zero-order chi connectivity index (χ0) is 20.4. The van der Waals surface area contributed by atoms with Gasteiger partial charge in [-0.1, -0.05) is 60.7 Å². The normalized spacial score (nSPS) is 13.3. The highest BCUT2D eigenvalue weighted by molar-refractivity contribution is 5.97. The number of carbonyl (C=O) groups excluding carboxylic acids is 1. The first-order valence-corrected chi connectivity index (χ1v) is 9.43. The van der Waals surface area contributed by atoms with Crippen molar-refractivity contribution in [2.75, 3.05) is 7.11 Å². The predicted molar refractivity (Wildman–Crippen MR) is 110 cm³/mol. The molecule has 1 atom stereocenters. The first kappa shape index (κ1) is 18.7. The van der Waals surface area contributed by atoms with Gasteiger partial charge in [0.1, 0.15) is 11.8 Å². The largest absolute Gasteiger partial charge is 0.497 e. The highest BCUT2D eigenvalue weighted by Gasteiger charge is 2.35. The van der Waals surface area contributed by atoms with E-state index in [0.717, 1.165) is 27.8 Å². The Labute approximate surface area is 169 Å². The number of hydrogen-bond acceptors (Lipinski definition) is 3. The van der Waals surface area contributed by atoms with E-state index in [1.807, 2.05) is 48.5 Å². The van der Waals surface area contributed by atoms with E-state index in [1.165, 1.54) is 0 Å². The third-order valence-electron chi connectivity index (χ3n) is 5.31. The summed E-state index contributed by atoms with van der Waals surface area (Å²) in [6.07, 6.45) is 0.196. The number of carbonyl (C=O) groups is 2. The van der Waals surface area contributed by atoms with Crippen molar-refractivity contribution >= 4 is 11.9 Å². The Hall–Kier alpha value is -3.60. The molecule has 0 radical (unpaired) electrons. The van der Waals surface area contributed by atoms with Gasteiger partial charge < -0.3 is 15.2 Å². The molecule has 0 saturated heterocycles. The summed E-state index contributed by atoms with van der Waals surface area (Å²) in [4.78, 5) is 25.0. The van der Waals surface area contributed by atoms with Crippen LogP contribution >= 0.6 is 0 Å². The van der Waals surface area contributed by atoms with Crippen LogP contribution in [0.4, 0.5) is 0 Å². The molecular weight excluding hydrogens is 366 g/mol. The lowest BCUT2D eigenvalue weighted by Gasteiger charge is -2.19. The van der Waals surface area contributed by atoms with E-state index in [1.54, 1.807) is 31.4 Å². The van der Waals surface area contributed by atoms with E-state index in [2.05, 4.69) is 5.32 Å². The van der Waals surface area contributed by atoms with Crippen molar-refractivity contribution in [1.82, 2.24) is 5.32 Å². The summed E-state index contributed by atoms with van der Waals surface area (Å²) in [5, 5.41) is 12.4. The quantitative estimate of drug-likeness (QED) is 0.677. The van der Waals surface area contributed by atoms with Crippen LogP contribution in [0.1, 0.15) is 22.6 Å². The highest BCUT2D eigenvalue weighted by Crippen LogP contribution is 2.44. The smallest absolute Gasteiger partial charge is 0.326 e. The molecule has 1 aliphatic carbocycles. The molecule has 0 fully saturated rings. The van der Waals surface area contributed by atoms with Gasteiger partial charge in [0.25, 0.3) is 0 Å². The zero-order valence-corrected chi connectivity index (χ0v) is 16.0. The summed E-state index contributed by atoms with van der Waals surface area (Å²) in [5.74, 6) is -1.18. The Morgan fingerprint density at radius 3 is 2.00 bits per heavy atom. The van der Waals surface area contributed by atoms with Crippen LogP contribution in [-0.4, -0.2) is 30.1 Å². The van der Waals surface area contributed by atoms with E-state index in [-0.39, 0.29) is 12.3 Å². The molecule has 4 rings (SSSR count). The molecule has 0 aromatic heterocycles. The second kappa shape index (κ2) is 7.80. The van der Waals surface area contributed by atoms with Gasteiger partial charge in [-0.05, 0) is 39.9 Å². The average Bonchev–Trinajstić information content (AvgIpc) is 3.08. The number of benzene rings is 3. The Balaban J connectivity index is 1.59. The van der Waals surface area contributed by atoms with Gasteiger partial charge in [-0.2, -0.15) is 0 Å². The number of rotatable bonds is 6. The third kappa shape index (κ3) is 3.59. The maximum atomic E-state index is 13.2. The molecule has 0 unspecified atom stereocenters. The topological polar surface area (TPSA) is 75.6 Å². The second-order valence-electron chi connectivity index (χ2n) is 7.06. The van der Waals surface area contributed by atoms with Crippen LogP contribution in [-0.2, 0) is 16.0 Å². The molecule has 1 amide bonds. The van der Waals surface area contributed by atoms with Crippen molar-refractivity contribution in [1.29, 1.82) is 0 Å². The lowest BCUT2D eigenvalue weighted by Crippen LogP contribution is -2.44. The third-order valence-corrected chi connectivity index (χ3v) is 5.31. The molecule has 0 saturated carbocycles. The van der Waals surface area contributed by atoms with Crippen molar-refractivity contribution < 1.29 is 19.4 Å². The van der Waals surface area contributed by atoms with E-state index < -0.39 is 17.9 Å². The van der Waals surface area contributed by atoms with Gasteiger partial charge in [-0.15, -0.1) is 0 Å². The van der Waals surface area contributed by atoms with Crippen LogP contribution in [0, 0.1) is 0 Å². The van der Waals surface area contributed by atoms with Crippen LogP contribution in [0.5, 0.6) is 5.75 Å². The Kier molecular flexibility index (Phi) is 5.04. The van der Waals surface area contributed by atoms with Crippen LogP contribution in [0.2, 0.25) is 0 Å². The van der Waals surface area contributed by atoms with Crippen molar-refractivity contribution in [3.63, 3.8) is 0 Å². The number of methoxy groups -OCH3 is 1. The Morgan fingerprint density at radius 2 is 1.48 bits per heavy atom. The minimum atomic E-state index is -1.06. The zero-order valence-electron chi connectivity index (χ0n) is 16.0. The van der Waals surface area contributed by atoms with Crippen molar-refractivity contribution in [2.45, 2.75) is 18.4 Å². The maximum Gasteiger partial charge on any atom is 0.326 e. The van der Waals surface area contributed by atoms with E-state index in [4.69, 9.17) is 4.74 Å². The fourth-order valence-corrected chi connectivity index (χ4v) is 3.89. The van der Waals surface area contributed by atoms with Gasteiger partial charge in [-0.25, -0.2) is 4.79 Å². The van der Waals surface area contributed by atoms with E-state index in [9.17, 15) is 14.7 Å². The molecular formula is C24H21NO4. The summed E-state index contributed by atoms with van der Waals surface area (Å²) in [5.41, 5.74) is 4.65. The summed E-state index contributed by atoms with van der Waals surface area (Å²) in [6.45, 7) is 0. The molecule has 3 aromatic rings. The highest BCUT2D eigenvalue weighted by atomic mass is 16.5. The first-order chi connectivity index (χ1) is 14.1. The molecule has 1 aliphatic rings. The van der Waals surface area contributed by atoms with Crippen LogP contribution in [0.25, 0.3) is 11.1 Å². The average molecular weight is 387 g/mol. The lowest BCUT2D eigenvalue weighted by molar-refractivity contribution is -0.141. The summed E-state index contributed by atoms with van der Waals surface area (Å²) in [7, 11) is 1.58. The number of nitrogens with one attached hydrogen (secondary N) is 1. The lowest BCUT2D eigenvalue weighted by atomic mass is 9.95. The summed E-state index contributed by atoms with van der Waals surface area (Å²) in [6, 6.07) is 21.7. The molecule has 3 aromatic carbocycles. The number of carboxylic acid groups (broad SMARTS) is 1.